The maximum absolute atomic E-state index is 3.83. The van der Waals surface area contributed by atoms with E-state index in [-0.39, 0.29) is 0 Å². The molecule has 1 aliphatic carbocycles. The first-order valence-electron chi connectivity index (χ1n) is 7.53. The Hall–Kier alpha value is -0.0800. The Morgan fingerprint density at radius 1 is 1.18 bits per heavy atom. The summed E-state index contributed by atoms with van der Waals surface area (Å²) in [5, 5.41) is 3.83. The Morgan fingerprint density at radius 3 is 2.53 bits per heavy atom. The fourth-order valence-electron chi connectivity index (χ4n) is 3.46. The van der Waals surface area contributed by atoms with Crippen molar-refractivity contribution < 1.29 is 0 Å². The van der Waals surface area contributed by atoms with Gasteiger partial charge in [-0.25, -0.2) is 0 Å². The summed E-state index contributed by atoms with van der Waals surface area (Å²) >= 11 is 0. The van der Waals surface area contributed by atoms with Crippen LogP contribution in [0.25, 0.3) is 0 Å². The summed E-state index contributed by atoms with van der Waals surface area (Å²) in [6, 6.07) is 0. The highest BCUT2D eigenvalue weighted by Gasteiger charge is 2.37. The van der Waals surface area contributed by atoms with Gasteiger partial charge in [-0.05, 0) is 24.7 Å². The van der Waals surface area contributed by atoms with Crippen molar-refractivity contribution in [1.29, 1.82) is 0 Å². The van der Waals surface area contributed by atoms with E-state index in [0.29, 0.717) is 11.0 Å². The SMILES string of the molecule is CCC(C)(C)CN1CCNC2(CCCCC2)C1. The van der Waals surface area contributed by atoms with E-state index in [9.17, 15) is 0 Å². The quantitative estimate of drug-likeness (QED) is 0.813. The van der Waals surface area contributed by atoms with Crippen molar-refractivity contribution in [3.05, 3.63) is 0 Å². The molecule has 0 aromatic rings. The van der Waals surface area contributed by atoms with E-state index in [1.807, 2.05) is 0 Å². The molecule has 2 fully saturated rings. The minimum atomic E-state index is 0.473. The first-order valence-corrected chi connectivity index (χ1v) is 7.53. The largest absolute Gasteiger partial charge is 0.309 e. The van der Waals surface area contributed by atoms with E-state index in [4.69, 9.17) is 0 Å². The van der Waals surface area contributed by atoms with Crippen LogP contribution in [0.5, 0.6) is 0 Å². The highest BCUT2D eigenvalue weighted by molar-refractivity contribution is 4.97. The standard InChI is InChI=1S/C15H30N2/c1-4-14(2,3)12-17-11-10-16-15(13-17)8-6-5-7-9-15/h16H,4-13H2,1-3H3. The molecule has 2 nitrogen and oxygen atoms in total. The molecule has 2 aliphatic rings. The lowest BCUT2D eigenvalue weighted by Crippen LogP contribution is -2.62. The molecular formula is C15H30N2. The summed E-state index contributed by atoms with van der Waals surface area (Å²) in [7, 11) is 0. The second kappa shape index (κ2) is 5.27. The molecule has 1 N–H and O–H groups in total. The summed E-state index contributed by atoms with van der Waals surface area (Å²) in [5.41, 5.74) is 0.952. The van der Waals surface area contributed by atoms with Crippen molar-refractivity contribution in [3.8, 4) is 0 Å². The lowest BCUT2D eigenvalue weighted by molar-refractivity contribution is 0.0699. The van der Waals surface area contributed by atoms with Gasteiger partial charge in [-0.1, -0.05) is 40.0 Å². The second-order valence-electron chi connectivity index (χ2n) is 7.00. The van der Waals surface area contributed by atoms with Gasteiger partial charge in [0.25, 0.3) is 0 Å². The number of rotatable bonds is 3. The van der Waals surface area contributed by atoms with Crippen LogP contribution >= 0.6 is 0 Å². The third-order valence-corrected chi connectivity index (χ3v) is 4.87. The highest BCUT2D eigenvalue weighted by atomic mass is 15.2. The first-order chi connectivity index (χ1) is 8.05. The van der Waals surface area contributed by atoms with E-state index in [1.165, 1.54) is 64.7 Å². The van der Waals surface area contributed by atoms with Crippen LogP contribution in [0.1, 0.15) is 59.3 Å². The van der Waals surface area contributed by atoms with Gasteiger partial charge in [-0.15, -0.1) is 0 Å². The normalized spacial score (nSPS) is 26.3. The molecule has 0 radical (unpaired) electrons. The lowest BCUT2D eigenvalue weighted by atomic mass is 9.79. The van der Waals surface area contributed by atoms with Crippen molar-refractivity contribution >= 4 is 0 Å². The predicted octanol–water partition coefficient (Wildman–Crippen LogP) is 3.03. The number of piperazine rings is 1. The molecule has 1 saturated heterocycles. The number of hydrogen-bond donors (Lipinski definition) is 1. The molecule has 17 heavy (non-hydrogen) atoms. The smallest absolute Gasteiger partial charge is 0.0309 e. The van der Waals surface area contributed by atoms with Crippen molar-refractivity contribution in [2.45, 2.75) is 64.8 Å². The molecule has 1 spiro atoms. The Kier molecular flexibility index (Phi) is 4.14. The molecular weight excluding hydrogens is 208 g/mol. The van der Waals surface area contributed by atoms with Crippen molar-refractivity contribution in [1.82, 2.24) is 10.2 Å². The molecule has 100 valence electrons. The molecule has 0 aromatic carbocycles. The van der Waals surface area contributed by atoms with E-state index in [1.54, 1.807) is 0 Å². The van der Waals surface area contributed by atoms with Gasteiger partial charge in [0.15, 0.2) is 0 Å². The van der Waals surface area contributed by atoms with Crippen LogP contribution in [0.15, 0.2) is 0 Å². The minimum Gasteiger partial charge on any atom is -0.309 e. The topological polar surface area (TPSA) is 15.3 Å². The molecule has 0 unspecified atom stereocenters. The zero-order valence-corrected chi connectivity index (χ0v) is 12.0. The average molecular weight is 238 g/mol. The zero-order chi connectivity index (χ0) is 12.4. The van der Waals surface area contributed by atoms with E-state index in [2.05, 4.69) is 31.0 Å². The van der Waals surface area contributed by atoms with Gasteiger partial charge in [-0.2, -0.15) is 0 Å². The van der Waals surface area contributed by atoms with E-state index < -0.39 is 0 Å². The van der Waals surface area contributed by atoms with E-state index in [0.717, 1.165) is 0 Å². The summed E-state index contributed by atoms with van der Waals surface area (Å²) < 4.78 is 0. The minimum absolute atomic E-state index is 0.473. The van der Waals surface area contributed by atoms with E-state index >= 15 is 0 Å². The molecule has 1 aliphatic heterocycles. The Bertz CT molecular complexity index is 236. The molecule has 1 saturated carbocycles. The van der Waals surface area contributed by atoms with Crippen LogP contribution < -0.4 is 5.32 Å². The van der Waals surface area contributed by atoms with Crippen LogP contribution in [0.3, 0.4) is 0 Å². The maximum atomic E-state index is 3.83. The van der Waals surface area contributed by atoms with Crippen LogP contribution in [0.4, 0.5) is 0 Å². The molecule has 2 heteroatoms. The van der Waals surface area contributed by atoms with Gasteiger partial charge < -0.3 is 5.32 Å². The first kappa shape index (κ1) is 13.4. The molecule has 2 rings (SSSR count). The highest BCUT2D eigenvalue weighted by Crippen LogP contribution is 2.32. The molecule has 0 atom stereocenters. The second-order valence-corrected chi connectivity index (χ2v) is 7.00. The monoisotopic (exact) mass is 238 g/mol. The van der Waals surface area contributed by atoms with Crippen LogP contribution in [-0.4, -0.2) is 36.6 Å². The average Bonchev–Trinajstić information content (AvgIpc) is 2.29. The van der Waals surface area contributed by atoms with Crippen molar-refractivity contribution in [2.24, 2.45) is 5.41 Å². The molecule has 0 bridgehead atoms. The summed E-state index contributed by atoms with van der Waals surface area (Å²) in [6.07, 6.45) is 8.38. The van der Waals surface area contributed by atoms with Crippen molar-refractivity contribution in [2.75, 3.05) is 26.2 Å². The Balaban J connectivity index is 1.92. The Labute approximate surface area is 107 Å². The summed E-state index contributed by atoms with van der Waals surface area (Å²) in [4.78, 5) is 2.71. The van der Waals surface area contributed by atoms with Gasteiger partial charge in [0.1, 0.15) is 0 Å². The summed E-state index contributed by atoms with van der Waals surface area (Å²) in [6.45, 7) is 12.1. The third-order valence-electron chi connectivity index (χ3n) is 4.87. The maximum Gasteiger partial charge on any atom is 0.0309 e. The molecule has 0 amide bonds. The van der Waals surface area contributed by atoms with Crippen LogP contribution in [-0.2, 0) is 0 Å². The fraction of sp³-hybridized carbons (Fsp3) is 1.00. The van der Waals surface area contributed by atoms with Gasteiger partial charge in [-0.3, -0.25) is 4.90 Å². The molecule has 0 aromatic heterocycles. The van der Waals surface area contributed by atoms with Gasteiger partial charge in [0.05, 0.1) is 0 Å². The fourth-order valence-corrected chi connectivity index (χ4v) is 3.46. The van der Waals surface area contributed by atoms with Crippen LogP contribution in [0, 0.1) is 5.41 Å². The van der Waals surface area contributed by atoms with Crippen LogP contribution in [0.2, 0.25) is 0 Å². The number of nitrogens with zero attached hydrogens (tertiary/aromatic N) is 1. The predicted molar refractivity (Wildman–Crippen MR) is 74.3 cm³/mol. The Morgan fingerprint density at radius 2 is 1.88 bits per heavy atom. The van der Waals surface area contributed by atoms with Crippen molar-refractivity contribution in [3.63, 3.8) is 0 Å². The number of nitrogens with one attached hydrogen (secondary N) is 1. The third kappa shape index (κ3) is 3.45. The van der Waals surface area contributed by atoms with Gasteiger partial charge in [0.2, 0.25) is 0 Å². The number of hydrogen-bond acceptors (Lipinski definition) is 2. The summed E-state index contributed by atoms with van der Waals surface area (Å²) in [5.74, 6) is 0. The zero-order valence-electron chi connectivity index (χ0n) is 12.0. The van der Waals surface area contributed by atoms with Gasteiger partial charge in [0, 0.05) is 31.7 Å². The molecule has 1 heterocycles. The van der Waals surface area contributed by atoms with Gasteiger partial charge >= 0.3 is 0 Å². The lowest BCUT2D eigenvalue weighted by Gasteiger charge is -2.47.